The summed E-state index contributed by atoms with van der Waals surface area (Å²) >= 11 is 0. The summed E-state index contributed by atoms with van der Waals surface area (Å²) in [4.78, 5) is 22.5. The molecule has 0 spiro atoms. The van der Waals surface area contributed by atoms with Gasteiger partial charge in [-0.3, -0.25) is 9.69 Å². The van der Waals surface area contributed by atoms with Crippen molar-refractivity contribution in [2.45, 2.75) is 26.8 Å². The summed E-state index contributed by atoms with van der Waals surface area (Å²) in [7, 11) is 0. The van der Waals surface area contributed by atoms with Gasteiger partial charge in [-0.15, -0.1) is 0 Å². The van der Waals surface area contributed by atoms with Gasteiger partial charge in [-0.1, -0.05) is 32.0 Å². The number of nitrogens with zero attached hydrogens (tertiary/aromatic N) is 4. The van der Waals surface area contributed by atoms with Gasteiger partial charge in [0.15, 0.2) is 5.65 Å². The maximum absolute atomic E-state index is 12.4. The first-order chi connectivity index (χ1) is 12.1. The van der Waals surface area contributed by atoms with E-state index in [2.05, 4.69) is 28.8 Å². The second-order valence-corrected chi connectivity index (χ2v) is 7.28. The Hall–Kier alpha value is -2.47. The smallest absolute Gasteiger partial charge is 0.262 e. The number of para-hydroxylation sites is 1. The van der Waals surface area contributed by atoms with Crippen LogP contribution in [0, 0.1) is 11.8 Å². The predicted molar refractivity (Wildman–Crippen MR) is 97.7 cm³/mol. The van der Waals surface area contributed by atoms with Crippen LogP contribution in [0.3, 0.4) is 0 Å². The standard InChI is InChI=1S/C19H23N5O/c1-13-8-14(2)11-23(10-13)12-17-21-18-16(19(25)22-17)9-20-24(18)15-6-4-3-5-7-15/h3-7,9,13-14H,8,10-12H2,1-2H3,(H,21,22,25)/t13-,14-/m0/s1. The van der Waals surface area contributed by atoms with Crippen molar-refractivity contribution in [1.82, 2.24) is 24.6 Å². The monoisotopic (exact) mass is 337 g/mol. The molecular weight excluding hydrogens is 314 g/mol. The Morgan fingerprint density at radius 1 is 1.16 bits per heavy atom. The summed E-state index contributed by atoms with van der Waals surface area (Å²) in [5.74, 6) is 2.06. The number of rotatable bonds is 3. The summed E-state index contributed by atoms with van der Waals surface area (Å²) in [6, 6.07) is 9.78. The molecule has 4 rings (SSSR count). The van der Waals surface area contributed by atoms with Crippen LogP contribution in [0.25, 0.3) is 16.7 Å². The van der Waals surface area contributed by atoms with Gasteiger partial charge < -0.3 is 4.98 Å². The summed E-state index contributed by atoms with van der Waals surface area (Å²) in [5, 5.41) is 4.88. The first-order valence-corrected chi connectivity index (χ1v) is 8.85. The van der Waals surface area contributed by atoms with Gasteiger partial charge in [0, 0.05) is 13.1 Å². The summed E-state index contributed by atoms with van der Waals surface area (Å²) in [5.41, 5.74) is 1.39. The topological polar surface area (TPSA) is 66.8 Å². The molecular formula is C19H23N5O. The van der Waals surface area contributed by atoms with Crippen molar-refractivity contribution >= 4 is 11.0 Å². The maximum Gasteiger partial charge on any atom is 0.262 e. The van der Waals surface area contributed by atoms with Gasteiger partial charge in [-0.2, -0.15) is 5.10 Å². The number of likely N-dealkylation sites (tertiary alicyclic amines) is 1. The third-order valence-corrected chi connectivity index (χ3v) is 4.81. The number of nitrogens with one attached hydrogen (secondary N) is 1. The summed E-state index contributed by atoms with van der Waals surface area (Å²) in [6.07, 6.45) is 2.85. The average Bonchev–Trinajstić information content (AvgIpc) is 2.99. The highest BCUT2D eigenvalue weighted by Gasteiger charge is 2.22. The number of fused-ring (bicyclic) bond motifs is 1. The fourth-order valence-corrected chi connectivity index (χ4v) is 3.93. The lowest BCUT2D eigenvalue weighted by Gasteiger charge is -2.34. The number of benzene rings is 1. The molecule has 1 aromatic carbocycles. The van der Waals surface area contributed by atoms with Gasteiger partial charge in [-0.25, -0.2) is 9.67 Å². The SMILES string of the molecule is C[C@H]1C[C@H](C)CN(Cc2nc3c(cnn3-c3ccccc3)c(=O)[nH]2)C1. The van der Waals surface area contributed by atoms with Gasteiger partial charge in [-0.05, 0) is 30.4 Å². The van der Waals surface area contributed by atoms with Crippen molar-refractivity contribution < 1.29 is 0 Å². The van der Waals surface area contributed by atoms with Crippen molar-refractivity contribution in [3.05, 3.63) is 52.7 Å². The van der Waals surface area contributed by atoms with Crippen molar-refractivity contribution in [2.24, 2.45) is 11.8 Å². The Balaban J connectivity index is 1.70. The highest BCUT2D eigenvalue weighted by atomic mass is 16.1. The number of aromatic amines is 1. The summed E-state index contributed by atoms with van der Waals surface area (Å²) < 4.78 is 1.73. The molecule has 1 saturated heterocycles. The maximum atomic E-state index is 12.4. The fourth-order valence-electron chi connectivity index (χ4n) is 3.93. The Labute approximate surface area is 146 Å². The van der Waals surface area contributed by atoms with Gasteiger partial charge in [0.05, 0.1) is 18.4 Å². The minimum absolute atomic E-state index is 0.125. The first-order valence-electron chi connectivity index (χ1n) is 8.85. The van der Waals surface area contributed by atoms with Crippen LogP contribution < -0.4 is 5.56 Å². The van der Waals surface area contributed by atoms with Crippen LogP contribution in [-0.2, 0) is 6.54 Å². The minimum Gasteiger partial charge on any atom is -0.309 e. The van der Waals surface area contributed by atoms with E-state index in [4.69, 9.17) is 4.98 Å². The van der Waals surface area contributed by atoms with Crippen LogP contribution in [0.5, 0.6) is 0 Å². The summed E-state index contributed by atoms with van der Waals surface area (Å²) in [6.45, 7) is 7.33. The normalized spacial score (nSPS) is 21.7. The molecule has 25 heavy (non-hydrogen) atoms. The van der Waals surface area contributed by atoms with Gasteiger partial charge in [0.2, 0.25) is 0 Å². The van der Waals surface area contributed by atoms with E-state index in [0.29, 0.717) is 35.2 Å². The lowest BCUT2D eigenvalue weighted by molar-refractivity contribution is 0.131. The zero-order valence-corrected chi connectivity index (χ0v) is 14.6. The van der Waals surface area contributed by atoms with E-state index in [-0.39, 0.29) is 5.56 Å². The van der Waals surface area contributed by atoms with Crippen LogP contribution in [0.15, 0.2) is 41.3 Å². The third-order valence-electron chi connectivity index (χ3n) is 4.81. The van der Waals surface area contributed by atoms with E-state index in [1.165, 1.54) is 6.42 Å². The molecule has 1 fully saturated rings. The molecule has 6 heteroatoms. The molecule has 0 aliphatic carbocycles. The van der Waals surface area contributed by atoms with E-state index in [1.807, 2.05) is 30.3 Å². The van der Waals surface area contributed by atoms with Crippen molar-refractivity contribution in [1.29, 1.82) is 0 Å². The second-order valence-electron chi connectivity index (χ2n) is 7.28. The average molecular weight is 337 g/mol. The molecule has 3 aromatic rings. The number of piperidine rings is 1. The van der Waals surface area contributed by atoms with E-state index >= 15 is 0 Å². The Morgan fingerprint density at radius 2 is 1.88 bits per heavy atom. The second kappa shape index (κ2) is 6.44. The molecule has 0 unspecified atom stereocenters. The number of hydrogen-bond acceptors (Lipinski definition) is 4. The Kier molecular flexibility index (Phi) is 4.13. The number of aromatic nitrogens is 4. The quantitative estimate of drug-likeness (QED) is 0.798. The highest BCUT2D eigenvalue weighted by molar-refractivity contribution is 5.75. The van der Waals surface area contributed by atoms with Crippen LogP contribution in [0.2, 0.25) is 0 Å². The minimum atomic E-state index is -0.125. The molecule has 0 saturated carbocycles. The third kappa shape index (κ3) is 3.22. The molecule has 3 heterocycles. The van der Waals surface area contributed by atoms with Crippen molar-refractivity contribution in [3.63, 3.8) is 0 Å². The lowest BCUT2D eigenvalue weighted by atomic mass is 9.92. The molecule has 1 aliphatic heterocycles. The van der Waals surface area contributed by atoms with Gasteiger partial charge in [0.25, 0.3) is 5.56 Å². The molecule has 2 atom stereocenters. The van der Waals surface area contributed by atoms with Crippen LogP contribution in [0.4, 0.5) is 0 Å². The molecule has 1 aliphatic rings. The Morgan fingerprint density at radius 3 is 2.60 bits per heavy atom. The van der Waals surface area contributed by atoms with Crippen LogP contribution >= 0.6 is 0 Å². The van der Waals surface area contributed by atoms with E-state index in [9.17, 15) is 4.79 Å². The molecule has 1 N–H and O–H groups in total. The lowest BCUT2D eigenvalue weighted by Crippen LogP contribution is -2.38. The van der Waals surface area contributed by atoms with Gasteiger partial charge in [0.1, 0.15) is 11.2 Å². The van der Waals surface area contributed by atoms with Crippen LogP contribution in [-0.4, -0.2) is 37.7 Å². The molecule has 6 nitrogen and oxygen atoms in total. The van der Waals surface area contributed by atoms with E-state index in [1.54, 1.807) is 10.9 Å². The van der Waals surface area contributed by atoms with Crippen LogP contribution in [0.1, 0.15) is 26.1 Å². The Bertz CT molecular complexity index is 920. The molecule has 0 amide bonds. The van der Waals surface area contributed by atoms with Crippen molar-refractivity contribution in [3.8, 4) is 5.69 Å². The fraction of sp³-hybridized carbons (Fsp3) is 0.421. The molecule has 2 aromatic heterocycles. The molecule has 0 bridgehead atoms. The first kappa shape index (κ1) is 16.0. The number of hydrogen-bond donors (Lipinski definition) is 1. The van der Waals surface area contributed by atoms with E-state index in [0.717, 1.165) is 18.8 Å². The zero-order chi connectivity index (χ0) is 17.4. The van der Waals surface area contributed by atoms with Gasteiger partial charge >= 0.3 is 0 Å². The number of H-pyrrole nitrogens is 1. The molecule has 0 radical (unpaired) electrons. The van der Waals surface area contributed by atoms with E-state index < -0.39 is 0 Å². The molecule has 130 valence electrons. The van der Waals surface area contributed by atoms with Crippen molar-refractivity contribution in [2.75, 3.05) is 13.1 Å². The predicted octanol–water partition coefficient (Wildman–Crippen LogP) is 2.59. The largest absolute Gasteiger partial charge is 0.309 e. The zero-order valence-electron chi connectivity index (χ0n) is 14.6. The highest BCUT2D eigenvalue weighted by Crippen LogP contribution is 2.22.